The summed E-state index contributed by atoms with van der Waals surface area (Å²) in [5.41, 5.74) is 1.18. The highest BCUT2D eigenvalue weighted by molar-refractivity contribution is 7.87. The summed E-state index contributed by atoms with van der Waals surface area (Å²) in [5, 5.41) is 0. The van der Waals surface area contributed by atoms with E-state index in [9.17, 15) is 8.42 Å². The third-order valence-corrected chi connectivity index (χ3v) is 6.11. The predicted octanol–water partition coefficient (Wildman–Crippen LogP) is 2.05. The maximum absolute atomic E-state index is 12.1. The van der Waals surface area contributed by atoms with E-state index in [0.29, 0.717) is 11.8 Å². The molecule has 1 aliphatic rings. The van der Waals surface area contributed by atoms with Gasteiger partial charge in [0.05, 0.1) is 0 Å². The summed E-state index contributed by atoms with van der Waals surface area (Å²) in [5.74, 6) is 0.757. The van der Waals surface area contributed by atoms with Gasteiger partial charge in [0.2, 0.25) is 0 Å². The summed E-state index contributed by atoms with van der Waals surface area (Å²) in [6.07, 6.45) is 4.26. The number of benzene rings is 1. The molecule has 0 aromatic heterocycles. The highest BCUT2D eigenvalue weighted by Gasteiger charge is 2.36. The van der Waals surface area contributed by atoms with Crippen molar-refractivity contribution in [2.45, 2.75) is 19.9 Å². The second kappa shape index (κ2) is 8.25. The van der Waals surface area contributed by atoms with E-state index in [1.807, 2.05) is 18.2 Å². The Labute approximate surface area is 146 Å². The molecule has 0 spiro atoms. The normalized spacial score (nSPS) is 22.9. The average Bonchev–Trinajstić information content (AvgIpc) is 2.90. The first-order valence-electron chi connectivity index (χ1n) is 8.43. The van der Waals surface area contributed by atoms with Crippen LogP contribution in [0.15, 0.2) is 36.4 Å². The van der Waals surface area contributed by atoms with Crippen LogP contribution in [0.1, 0.15) is 19.4 Å². The van der Waals surface area contributed by atoms with Gasteiger partial charge in [0, 0.05) is 39.8 Å². The average molecular weight is 352 g/mol. The topological polar surface area (TPSA) is 52.7 Å². The van der Waals surface area contributed by atoms with Crippen LogP contribution in [-0.4, -0.2) is 57.4 Å². The maximum Gasteiger partial charge on any atom is 0.279 e. The number of nitrogens with zero attached hydrogens (tertiary/aromatic N) is 2. The first kappa shape index (κ1) is 19.1. The van der Waals surface area contributed by atoms with Crippen LogP contribution in [0, 0.1) is 11.8 Å². The number of nitrogens with one attached hydrogen (secondary N) is 1. The van der Waals surface area contributed by atoms with Crippen LogP contribution in [0.5, 0.6) is 0 Å². The lowest BCUT2D eigenvalue weighted by Gasteiger charge is -2.24. The third kappa shape index (κ3) is 5.14. The van der Waals surface area contributed by atoms with Gasteiger partial charge in [-0.1, -0.05) is 56.3 Å². The van der Waals surface area contributed by atoms with Gasteiger partial charge in [-0.15, -0.1) is 0 Å². The van der Waals surface area contributed by atoms with Gasteiger partial charge in [-0.2, -0.15) is 17.4 Å². The second-order valence-corrected chi connectivity index (χ2v) is 8.87. The standard InChI is InChI=1S/C18H29N3O2S/c1-15(2)17-13-21(12-8-11-16-9-6-5-7-10-16)14-18(17)19-24(22,23)20(3)4/h5-11,15,17-19H,12-14H2,1-4H3/b11-8+/t17-,18+/m0/s1. The molecule has 1 saturated heterocycles. The molecule has 1 aromatic carbocycles. The van der Waals surface area contributed by atoms with Crippen molar-refractivity contribution in [3.05, 3.63) is 42.0 Å². The molecule has 0 aliphatic carbocycles. The summed E-state index contributed by atoms with van der Waals surface area (Å²) in [6.45, 7) is 6.81. The Morgan fingerprint density at radius 1 is 1.25 bits per heavy atom. The van der Waals surface area contributed by atoms with E-state index >= 15 is 0 Å². The molecule has 0 saturated carbocycles. The third-order valence-electron chi connectivity index (χ3n) is 4.55. The Morgan fingerprint density at radius 3 is 2.50 bits per heavy atom. The Bertz CT molecular complexity index is 641. The zero-order valence-electron chi connectivity index (χ0n) is 15.0. The van der Waals surface area contributed by atoms with Crippen molar-refractivity contribution < 1.29 is 8.42 Å². The van der Waals surface area contributed by atoms with E-state index in [2.05, 4.69) is 47.8 Å². The molecular weight excluding hydrogens is 322 g/mol. The second-order valence-electron chi connectivity index (χ2n) is 6.95. The van der Waals surface area contributed by atoms with Crippen LogP contribution < -0.4 is 4.72 Å². The minimum absolute atomic E-state index is 0.0393. The quantitative estimate of drug-likeness (QED) is 0.818. The van der Waals surface area contributed by atoms with Crippen molar-refractivity contribution in [1.29, 1.82) is 0 Å². The van der Waals surface area contributed by atoms with E-state index in [1.54, 1.807) is 14.1 Å². The number of hydrogen-bond donors (Lipinski definition) is 1. The van der Waals surface area contributed by atoms with Crippen molar-refractivity contribution >= 4 is 16.3 Å². The first-order valence-corrected chi connectivity index (χ1v) is 9.87. The monoisotopic (exact) mass is 351 g/mol. The Hall–Kier alpha value is -1.21. The molecule has 1 aliphatic heterocycles. The zero-order chi connectivity index (χ0) is 17.7. The van der Waals surface area contributed by atoms with E-state index in [1.165, 1.54) is 9.87 Å². The molecular formula is C18H29N3O2S. The minimum Gasteiger partial charge on any atom is -0.298 e. The molecule has 0 bridgehead atoms. The molecule has 6 heteroatoms. The summed E-state index contributed by atoms with van der Waals surface area (Å²) < 4.78 is 28.4. The lowest BCUT2D eigenvalue weighted by molar-refractivity contribution is 0.323. The van der Waals surface area contributed by atoms with Gasteiger partial charge in [-0.05, 0) is 17.4 Å². The van der Waals surface area contributed by atoms with Crippen LogP contribution in [0.4, 0.5) is 0 Å². The molecule has 0 amide bonds. The van der Waals surface area contributed by atoms with Crippen molar-refractivity contribution in [2.75, 3.05) is 33.7 Å². The highest BCUT2D eigenvalue weighted by Crippen LogP contribution is 2.25. The molecule has 2 rings (SSSR count). The van der Waals surface area contributed by atoms with Crippen molar-refractivity contribution in [1.82, 2.24) is 13.9 Å². The highest BCUT2D eigenvalue weighted by atomic mass is 32.2. The van der Waals surface area contributed by atoms with Crippen molar-refractivity contribution in [3.8, 4) is 0 Å². The largest absolute Gasteiger partial charge is 0.298 e. The fourth-order valence-electron chi connectivity index (χ4n) is 3.06. The van der Waals surface area contributed by atoms with Crippen LogP contribution in [-0.2, 0) is 10.2 Å². The Balaban J connectivity index is 1.98. The predicted molar refractivity (Wildman–Crippen MR) is 99.8 cm³/mol. The fourth-order valence-corrected chi connectivity index (χ4v) is 3.90. The van der Waals surface area contributed by atoms with Crippen molar-refractivity contribution in [2.24, 2.45) is 11.8 Å². The summed E-state index contributed by atoms with van der Waals surface area (Å²) in [6, 6.07) is 10.2. The van der Waals surface area contributed by atoms with Gasteiger partial charge in [0.1, 0.15) is 0 Å². The van der Waals surface area contributed by atoms with Gasteiger partial charge >= 0.3 is 0 Å². The molecule has 134 valence electrons. The molecule has 1 aromatic rings. The van der Waals surface area contributed by atoms with Crippen LogP contribution in [0.2, 0.25) is 0 Å². The lowest BCUT2D eigenvalue weighted by Crippen LogP contribution is -2.46. The van der Waals surface area contributed by atoms with Crippen LogP contribution in [0.3, 0.4) is 0 Å². The SMILES string of the molecule is CC(C)[C@@H]1CN(C/C=C/c2ccccc2)C[C@H]1NS(=O)(=O)N(C)C. The van der Waals surface area contributed by atoms with Crippen molar-refractivity contribution in [3.63, 3.8) is 0 Å². The molecule has 2 atom stereocenters. The fraction of sp³-hybridized carbons (Fsp3) is 0.556. The first-order chi connectivity index (χ1) is 11.3. The van der Waals surface area contributed by atoms with Gasteiger partial charge < -0.3 is 0 Å². The van der Waals surface area contributed by atoms with Crippen LogP contribution in [0.25, 0.3) is 6.08 Å². The van der Waals surface area contributed by atoms with E-state index in [-0.39, 0.29) is 6.04 Å². The summed E-state index contributed by atoms with van der Waals surface area (Å²) >= 11 is 0. The van der Waals surface area contributed by atoms with E-state index in [0.717, 1.165) is 19.6 Å². The Kier molecular flexibility index (Phi) is 6.57. The van der Waals surface area contributed by atoms with Gasteiger partial charge in [0.25, 0.3) is 10.2 Å². The molecule has 0 radical (unpaired) electrons. The zero-order valence-corrected chi connectivity index (χ0v) is 15.8. The summed E-state index contributed by atoms with van der Waals surface area (Å²) in [7, 11) is -0.281. The van der Waals surface area contributed by atoms with E-state index < -0.39 is 10.2 Å². The summed E-state index contributed by atoms with van der Waals surface area (Å²) in [4.78, 5) is 2.31. The molecule has 24 heavy (non-hydrogen) atoms. The van der Waals surface area contributed by atoms with Gasteiger partial charge in [-0.3, -0.25) is 4.90 Å². The molecule has 1 fully saturated rings. The number of rotatable bonds is 7. The smallest absolute Gasteiger partial charge is 0.279 e. The molecule has 5 nitrogen and oxygen atoms in total. The van der Waals surface area contributed by atoms with Gasteiger partial charge in [-0.25, -0.2) is 0 Å². The van der Waals surface area contributed by atoms with Gasteiger partial charge in [0.15, 0.2) is 0 Å². The van der Waals surface area contributed by atoms with E-state index in [4.69, 9.17) is 0 Å². The van der Waals surface area contributed by atoms with Crippen LogP contribution >= 0.6 is 0 Å². The molecule has 1 N–H and O–H groups in total. The Morgan fingerprint density at radius 2 is 1.92 bits per heavy atom. The molecule has 0 unspecified atom stereocenters. The number of hydrogen-bond acceptors (Lipinski definition) is 3. The molecule has 1 heterocycles. The maximum atomic E-state index is 12.1. The number of likely N-dealkylation sites (tertiary alicyclic amines) is 1. The minimum atomic E-state index is -3.40. The lowest BCUT2D eigenvalue weighted by atomic mass is 9.92.